The molecule has 2 rings (SSSR count). The number of benzene rings is 2. The van der Waals surface area contributed by atoms with Gasteiger partial charge in [-0.25, -0.2) is 5.43 Å². The van der Waals surface area contributed by atoms with Crippen LogP contribution in [-0.4, -0.2) is 32.9 Å². The molecule has 0 fully saturated rings. The maximum absolute atomic E-state index is 11.8. The van der Waals surface area contributed by atoms with Gasteiger partial charge in [-0.3, -0.25) is 4.79 Å². The first-order valence-corrected chi connectivity index (χ1v) is 8.74. The molecule has 0 saturated carbocycles. The number of hydrazone groups is 1. The second kappa shape index (κ2) is 9.43. The van der Waals surface area contributed by atoms with Gasteiger partial charge >= 0.3 is 0 Å². The van der Waals surface area contributed by atoms with E-state index in [0.29, 0.717) is 16.0 Å². The van der Waals surface area contributed by atoms with E-state index in [4.69, 9.17) is 14.2 Å². The van der Waals surface area contributed by atoms with Crippen LogP contribution in [0.2, 0.25) is 0 Å². The van der Waals surface area contributed by atoms with Crippen LogP contribution in [0.4, 0.5) is 0 Å². The topological polar surface area (TPSA) is 69.2 Å². The predicted molar refractivity (Wildman–Crippen MR) is 103 cm³/mol. The number of nitrogens with one attached hydrogen (secondary N) is 1. The van der Waals surface area contributed by atoms with Gasteiger partial charge in [-0.05, 0) is 73.8 Å². The van der Waals surface area contributed by atoms with Crippen molar-refractivity contribution in [2.45, 2.75) is 0 Å². The molecule has 0 atom stereocenters. The standard InChI is InChI=1S/C17H16Br2N2O4/c1-23-12-4-6-16(14(19)8-12)25-10-17(22)21-20-9-11-3-5-15(24-2)13(18)7-11/h3-9H,10H2,1-2H3,(H,21,22)/b20-9-. The molecule has 8 heteroatoms. The minimum absolute atomic E-state index is 0.158. The SMILES string of the molecule is COc1ccc(OCC(=O)N/N=C\c2ccc(OC)c(Br)c2)c(Br)c1. The second-order valence-electron chi connectivity index (χ2n) is 4.77. The molecular formula is C17H16Br2N2O4. The van der Waals surface area contributed by atoms with Crippen molar-refractivity contribution in [3.05, 3.63) is 50.9 Å². The Kier molecular flexibility index (Phi) is 7.27. The second-order valence-corrected chi connectivity index (χ2v) is 6.48. The van der Waals surface area contributed by atoms with Crippen molar-refractivity contribution in [1.29, 1.82) is 0 Å². The Morgan fingerprint density at radius 1 is 1.08 bits per heavy atom. The van der Waals surface area contributed by atoms with Gasteiger partial charge < -0.3 is 14.2 Å². The summed E-state index contributed by atoms with van der Waals surface area (Å²) in [6, 6.07) is 10.7. The third-order valence-electron chi connectivity index (χ3n) is 3.08. The van der Waals surface area contributed by atoms with Crippen molar-refractivity contribution >= 4 is 44.0 Å². The zero-order valence-electron chi connectivity index (χ0n) is 13.6. The van der Waals surface area contributed by atoms with Gasteiger partial charge in [0.1, 0.15) is 17.2 Å². The lowest BCUT2D eigenvalue weighted by Crippen LogP contribution is -2.24. The maximum Gasteiger partial charge on any atom is 0.277 e. The number of hydrogen-bond acceptors (Lipinski definition) is 5. The van der Waals surface area contributed by atoms with E-state index in [9.17, 15) is 4.79 Å². The fraction of sp³-hybridized carbons (Fsp3) is 0.176. The monoisotopic (exact) mass is 470 g/mol. The number of carbonyl (C=O) groups is 1. The normalized spacial score (nSPS) is 10.6. The van der Waals surface area contributed by atoms with E-state index in [1.54, 1.807) is 38.5 Å². The van der Waals surface area contributed by atoms with Crippen molar-refractivity contribution in [3.8, 4) is 17.2 Å². The Hall–Kier alpha value is -2.06. The highest BCUT2D eigenvalue weighted by Crippen LogP contribution is 2.29. The van der Waals surface area contributed by atoms with Crippen molar-refractivity contribution < 1.29 is 19.0 Å². The smallest absolute Gasteiger partial charge is 0.277 e. The van der Waals surface area contributed by atoms with Gasteiger partial charge in [-0.2, -0.15) is 5.10 Å². The molecule has 1 N–H and O–H groups in total. The first-order valence-electron chi connectivity index (χ1n) is 7.15. The molecule has 0 aliphatic heterocycles. The van der Waals surface area contributed by atoms with Gasteiger partial charge in [0.15, 0.2) is 6.61 Å². The van der Waals surface area contributed by atoms with Gasteiger partial charge in [-0.1, -0.05) is 0 Å². The van der Waals surface area contributed by atoms with E-state index < -0.39 is 0 Å². The fourth-order valence-corrected chi connectivity index (χ4v) is 2.87. The van der Waals surface area contributed by atoms with Crippen LogP contribution in [0.5, 0.6) is 17.2 Å². The van der Waals surface area contributed by atoms with Gasteiger partial charge in [0.05, 0.1) is 29.4 Å². The Morgan fingerprint density at radius 2 is 1.80 bits per heavy atom. The van der Waals surface area contributed by atoms with Crippen LogP contribution in [0.1, 0.15) is 5.56 Å². The van der Waals surface area contributed by atoms with E-state index >= 15 is 0 Å². The molecule has 0 radical (unpaired) electrons. The molecule has 0 aliphatic carbocycles. The molecule has 2 aromatic carbocycles. The third kappa shape index (κ3) is 5.75. The summed E-state index contributed by atoms with van der Waals surface area (Å²) in [5.74, 6) is 1.59. The number of methoxy groups -OCH3 is 2. The van der Waals surface area contributed by atoms with Crippen LogP contribution >= 0.6 is 31.9 Å². The lowest BCUT2D eigenvalue weighted by atomic mass is 10.2. The van der Waals surface area contributed by atoms with Crippen LogP contribution in [0.15, 0.2) is 50.4 Å². The first kappa shape index (κ1) is 19.3. The zero-order valence-corrected chi connectivity index (χ0v) is 16.8. The van der Waals surface area contributed by atoms with Crippen molar-refractivity contribution in [2.75, 3.05) is 20.8 Å². The van der Waals surface area contributed by atoms with Crippen molar-refractivity contribution in [2.24, 2.45) is 5.10 Å². The lowest BCUT2D eigenvalue weighted by molar-refractivity contribution is -0.123. The molecule has 0 bridgehead atoms. The summed E-state index contributed by atoms with van der Waals surface area (Å²) in [5.41, 5.74) is 3.22. The Bertz CT molecular complexity index is 781. The molecule has 0 aromatic heterocycles. The molecule has 1 amide bonds. The highest BCUT2D eigenvalue weighted by Gasteiger charge is 2.06. The summed E-state index contributed by atoms with van der Waals surface area (Å²) < 4.78 is 17.2. The summed E-state index contributed by atoms with van der Waals surface area (Å²) in [5, 5.41) is 3.90. The van der Waals surface area contributed by atoms with Crippen LogP contribution in [0.25, 0.3) is 0 Å². The minimum atomic E-state index is -0.369. The van der Waals surface area contributed by atoms with E-state index in [1.807, 2.05) is 12.1 Å². The van der Waals surface area contributed by atoms with Gasteiger partial charge in [-0.15, -0.1) is 0 Å². The molecule has 0 heterocycles. The van der Waals surface area contributed by atoms with Crippen LogP contribution in [-0.2, 0) is 4.79 Å². The average Bonchev–Trinajstić information content (AvgIpc) is 2.60. The lowest BCUT2D eigenvalue weighted by Gasteiger charge is -2.08. The number of hydrogen-bond donors (Lipinski definition) is 1. The molecule has 132 valence electrons. The Labute approximate surface area is 162 Å². The number of amides is 1. The maximum atomic E-state index is 11.8. The summed E-state index contributed by atoms with van der Waals surface area (Å²) >= 11 is 6.75. The minimum Gasteiger partial charge on any atom is -0.497 e. The molecular weight excluding hydrogens is 456 g/mol. The van der Waals surface area contributed by atoms with Crippen LogP contribution in [0.3, 0.4) is 0 Å². The number of ether oxygens (including phenoxy) is 3. The largest absolute Gasteiger partial charge is 0.497 e. The number of carbonyl (C=O) groups excluding carboxylic acids is 1. The molecule has 6 nitrogen and oxygen atoms in total. The average molecular weight is 472 g/mol. The predicted octanol–water partition coefficient (Wildman–Crippen LogP) is 3.76. The van der Waals surface area contributed by atoms with Gasteiger partial charge in [0, 0.05) is 0 Å². The molecule has 0 unspecified atom stereocenters. The Balaban J connectivity index is 1.85. The summed E-state index contributed by atoms with van der Waals surface area (Å²) in [6.45, 7) is -0.158. The summed E-state index contributed by atoms with van der Waals surface area (Å²) in [7, 11) is 3.17. The highest BCUT2D eigenvalue weighted by molar-refractivity contribution is 9.10. The molecule has 2 aromatic rings. The molecule has 0 spiro atoms. The van der Waals surface area contributed by atoms with E-state index in [2.05, 4.69) is 42.4 Å². The number of nitrogens with zero attached hydrogens (tertiary/aromatic N) is 1. The fourth-order valence-electron chi connectivity index (χ4n) is 1.84. The molecule has 25 heavy (non-hydrogen) atoms. The molecule has 0 saturated heterocycles. The highest BCUT2D eigenvalue weighted by atomic mass is 79.9. The summed E-state index contributed by atoms with van der Waals surface area (Å²) in [4.78, 5) is 11.8. The third-order valence-corrected chi connectivity index (χ3v) is 4.32. The van der Waals surface area contributed by atoms with E-state index in [1.165, 1.54) is 6.21 Å². The van der Waals surface area contributed by atoms with E-state index in [0.717, 1.165) is 15.8 Å². The quantitative estimate of drug-likeness (QED) is 0.493. The zero-order chi connectivity index (χ0) is 18.2. The van der Waals surface area contributed by atoms with Crippen LogP contribution < -0.4 is 19.6 Å². The number of rotatable bonds is 7. The van der Waals surface area contributed by atoms with Crippen LogP contribution in [0, 0.1) is 0 Å². The Morgan fingerprint density at radius 3 is 2.44 bits per heavy atom. The number of halogens is 2. The van der Waals surface area contributed by atoms with Crippen molar-refractivity contribution in [3.63, 3.8) is 0 Å². The summed E-state index contributed by atoms with van der Waals surface area (Å²) in [6.07, 6.45) is 1.53. The van der Waals surface area contributed by atoms with Crippen molar-refractivity contribution in [1.82, 2.24) is 5.43 Å². The molecule has 0 aliphatic rings. The first-order chi connectivity index (χ1) is 12.0. The van der Waals surface area contributed by atoms with Gasteiger partial charge in [0.2, 0.25) is 0 Å². The van der Waals surface area contributed by atoms with Gasteiger partial charge in [0.25, 0.3) is 5.91 Å². The van der Waals surface area contributed by atoms with E-state index in [-0.39, 0.29) is 12.5 Å².